The van der Waals surface area contributed by atoms with Crippen molar-refractivity contribution in [3.05, 3.63) is 89.8 Å². The topological polar surface area (TPSA) is 87.0 Å². The fourth-order valence-corrected chi connectivity index (χ4v) is 4.69. The highest BCUT2D eigenvalue weighted by molar-refractivity contribution is 5.94. The molecule has 0 spiro atoms. The normalized spacial score (nSPS) is 15.7. The molecule has 3 aromatic heterocycles. The van der Waals surface area contributed by atoms with Gasteiger partial charge in [0.1, 0.15) is 0 Å². The Morgan fingerprint density at radius 1 is 1.15 bits per heavy atom. The SMILES string of the molecule is C[C@H]1Cc2c([nH]c3ccccc23)CN1C(=O)c1occc1CNc1ccc2nccnc2c1. The average molecular weight is 438 g/mol. The number of H-pyrrole nitrogens is 1. The Morgan fingerprint density at radius 2 is 2.00 bits per heavy atom. The number of furan rings is 1. The minimum absolute atomic E-state index is 0.0779. The Balaban J connectivity index is 1.22. The number of carbonyl (C=O) groups excluding carboxylic acids is 1. The van der Waals surface area contributed by atoms with Crippen LogP contribution in [0.5, 0.6) is 0 Å². The van der Waals surface area contributed by atoms with Gasteiger partial charge in [0.25, 0.3) is 5.91 Å². The van der Waals surface area contributed by atoms with E-state index in [9.17, 15) is 4.79 Å². The van der Waals surface area contributed by atoms with Crippen molar-refractivity contribution in [3.8, 4) is 0 Å². The summed E-state index contributed by atoms with van der Waals surface area (Å²) in [5.74, 6) is 0.299. The summed E-state index contributed by atoms with van der Waals surface area (Å²) in [6.07, 6.45) is 5.76. The summed E-state index contributed by atoms with van der Waals surface area (Å²) >= 11 is 0. The van der Waals surface area contributed by atoms with Crippen molar-refractivity contribution in [1.82, 2.24) is 19.9 Å². The van der Waals surface area contributed by atoms with Gasteiger partial charge >= 0.3 is 0 Å². The molecule has 2 aromatic carbocycles. The Labute approximate surface area is 190 Å². The number of anilines is 1. The van der Waals surface area contributed by atoms with E-state index in [1.165, 1.54) is 10.9 Å². The number of fused-ring (bicyclic) bond motifs is 4. The molecule has 4 heterocycles. The third-order valence-corrected chi connectivity index (χ3v) is 6.42. The second-order valence-corrected chi connectivity index (χ2v) is 8.50. The van der Waals surface area contributed by atoms with Crippen LogP contribution in [0.3, 0.4) is 0 Å². The number of hydrogen-bond donors (Lipinski definition) is 2. The van der Waals surface area contributed by atoms with E-state index in [-0.39, 0.29) is 11.9 Å². The number of amides is 1. The summed E-state index contributed by atoms with van der Waals surface area (Å²) < 4.78 is 5.67. The van der Waals surface area contributed by atoms with Crippen LogP contribution in [-0.2, 0) is 19.5 Å². The first kappa shape index (κ1) is 19.5. The van der Waals surface area contributed by atoms with E-state index in [0.29, 0.717) is 18.8 Å². The summed E-state index contributed by atoms with van der Waals surface area (Å²) in [6.45, 7) is 3.11. The molecular weight excluding hydrogens is 414 g/mol. The van der Waals surface area contributed by atoms with Gasteiger partial charge in [0.2, 0.25) is 0 Å². The molecule has 0 fully saturated rings. The fraction of sp³-hybridized carbons (Fsp3) is 0.192. The second-order valence-electron chi connectivity index (χ2n) is 8.50. The van der Waals surface area contributed by atoms with E-state index in [2.05, 4.69) is 45.4 Å². The number of aromatic amines is 1. The molecule has 1 aliphatic rings. The Morgan fingerprint density at radius 3 is 2.91 bits per heavy atom. The van der Waals surface area contributed by atoms with Gasteiger partial charge in [0.05, 0.1) is 23.8 Å². The number of para-hydroxylation sites is 1. The van der Waals surface area contributed by atoms with Crippen LogP contribution in [0.15, 0.2) is 71.6 Å². The summed E-state index contributed by atoms with van der Waals surface area (Å²) in [5.41, 5.74) is 6.94. The van der Waals surface area contributed by atoms with Gasteiger partial charge in [-0.25, -0.2) is 0 Å². The predicted octanol–water partition coefficient (Wildman–Crippen LogP) is 4.90. The van der Waals surface area contributed by atoms with Crippen LogP contribution in [-0.4, -0.2) is 31.8 Å². The van der Waals surface area contributed by atoms with Crippen molar-refractivity contribution >= 4 is 33.5 Å². The van der Waals surface area contributed by atoms with Crippen LogP contribution in [0.4, 0.5) is 5.69 Å². The molecule has 164 valence electrons. The average Bonchev–Trinajstić information content (AvgIpc) is 3.46. The van der Waals surface area contributed by atoms with Gasteiger partial charge in [-0.15, -0.1) is 0 Å². The minimum atomic E-state index is -0.0852. The Hall–Kier alpha value is -4.13. The molecule has 7 heteroatoms. The number of benzene rings is 2. The molecule has 0 saturated carbocycles. The van der Waals surface area contributed by atoms with Crippen LogP contribution in [0.1, 0.15) is 34.3 Å². The number of nitrogens with zero attached hydrogens (tertiary/aromatic N) is 3. The van der Waals surface area contributed by atoms with Crippen molar-refractivity contribution < 1.29 is 9.21 Å². The fourth-order valence-electron chi connectivity index (χ4n) is 4.69. The number of rotatable bonds is 4. The lowest BCUT2D eigenvalue weighted by atomic mass is 9.97. The first-order valence-electron chi connectivity index (χ1n) is 11.1. The highest BCUT2D eigenvalue weighted by atomic mass is 16.3. The van der Waals surface area contributed by atoms with Crippen molar-refractivity contribution in [3.63, 3.8) is 0 Å². The maximum atomic E-state index is 13.5. The molecule has 1 amide bonds. The number of aromatic nitrogens is 3. The summed E-state index contributed by atoms with van der Waals surface area (Å²) in [5, 5.41) is 4.62. The van der Waals surface area contributed by atoms with E-state index < -0.39 is 0 Å². The molecule has 6 rings (SSSR count). The lowest BCUT2D eigenvalue weighted by molar-refractivity contribution is 0.0621. The van der Waals surface area contributed by atoms with Gasteiger partial charge in [-0.05, 0) is 49.2 Å². The maximum Gasteiger partial charge on any atom is 0.290 e. The quantitative estimate of drug-likeness (QED) is 0.417. The van der Waals surface area contributed by atoms with E-state index >= 15 is 0 Å². The summed E-state index contributed by atoms with van der Waals surface area (Å²) in [4.78, 5) is 27.5. The molecule has 1 aliphatic heterocycles. The number of carbonyl (C=O) groups is 1. The third kappa shape index (κ3) is 3.42. The molecule has 0 saturated heterocycles. The van der Waals surface area contributed by atoms with Gasteiger partial charge in [-0.3, -0.25) is 14.8 Å². The number of hydrogen-bond acceptors (Lipinski definition) is 5. The zero-order valence-electron chi connectivity index (χ0n) is 18.2. The van der Waals surface area contributed by atoms with E-state index in [4.69, 9.17) is 4.42 Å². The molecule has 0 radical (unpaired) electrons. The minimum Gasteiger partial charge on any atom is -0.459 e. The molecule has 0 bridgehead atoms. The zero-order valence-corrected chi connectivity index (χ0v) is 18.2. The summed E-state index contributed by atoms with van der Waals surface area (Å²) in [7, 11) is 0. The van der Waals surface area contributed by atoms with Gasteiger partial charge in [-0.1, -0.05) is 18.2 Å². The highest BCUT2D eigenvalue weighted by Crippen LogP contribution is 2.31. The van der Waals surface area contributed by atoms with Gasteiger partial charge in [0.15, 0.2) is 5.76 Å². The van der Waals surface area contributed by atoms with Crippen LogP contribution in [0.2, 0.25) is 0 Å². The van der Waals surface area contributed by atoms with Crippen molar-refractivity contribution in [2.75, 3.05) is 5.32 Å². The molecule has 0 unspecified atom stereocenters. The van der Waals surface area contributed by atoms with Crippen LogP contribution in [0, 0.1) is 0 Å². The summed E-state index contributed by atoms with van der Waals surface area (Å²) in [6, 6.07) is 16.1. The smallest absolute Gasteiger partial charge is 0.290 e. The van der Waals surface area contributed by atoms with Gasteiger partial charge < -0.3 is 19.6 Å². The molecule has 0 aliphatic carbocycles. The zero-order chi connectivity index (χ0) is 22.4. The highest BCUT2D eigenvalue weighted by Gasteiger charge is 2.32. The second kappa shape index (κ2) is 7.78. The molecule has 2 N–H and O–H groups in total. The lowest BCUT2D eigenvalue weighted by Gasteiger charge is -2.33. The molecule has 33 heavy (non-hydrogen) atoms. The van der Waals surface area contributed by atoms with Crippen molar-refractivity contribution in [1.29, 1.82) is 0 Å². The Bertz CT molecular complexity index is 1480. The lowest BCUT2D eigenvalue weighted by Crippen LogP contribution is -2.42. The third-order valence-electron chi connectivity index (χ3n) is 6.42. The first-order valence-corrected chi connectivity index (χ1v) is 11.1. The van der Waals surface area contributed by atoms with Crippen LogP contribution in [0.25, 0.3) is 21.9 Å². The van der Waals surface area contributed by atoms with Crippen LogP contribution < -0.4 is 5.32 Å². The van der Waals surface area contributed by atoms with E-state index in [1.807, 2.05) is 35.2 Å². The standard InChI is InChI=1S/C26H23N5O2/c1-16-12-20-19-4-2-3-5-21(19)30-24(20)15-31(16)26(32)25-17(8-11-33-25)14-29-18-6-7-22-23(13-18)28-10-9-27-22/h2-11,13,16,29-30H,12,14-15H2,1H3/t16-/m0/s1. The molecule has 5 aromatic rings. The van der Waals surface area contributed by atoms with E-state index in [1.54, 1.807) is 18.7 Å². The maximum absolute atomic E-state index is 13.5. The van der Waals surface area contributed by atoms with Crippen molar-refractivity contribution in [2.24, 2.45) is 0 Å². The monoisotopic (exact) mass is 437 g/mol. The number of nitrogens with one attached hydrogen (secondary N) is 2. The van der Waals surface area contributed by atoms with Gasteiger partial charge in [-0.2, -0.15) is 0 Å². The largest absolute Gasteiger partial charge is 0.459 e. The van der Waals surface area contributed by atoms with Crippen LogP contribution >= 0.6 is 0 Å². The first-order chi connectivity index (χ1) is 16.2. The van der Waals surface area contributed by atoms with Crippen molar-refractivity contribution in [2.45, 2.75) is 32.5 Å². The molecule has 7 nitrogen and oxygen atoms in total. The molecule has 1 atom stereocenters. The Kier molecular flexibility index (Phi) is 4.61. The van der Waals surface area contributed by atoms with Gasteiger partial charge in [0, 0.05) is 52.8 Å². The van der Waals surface area contributed by atoms with E-state index in [0.717, 1.165) is 39.9 Å². The molecular formula is C26H23N5O2. The predicted molar refractivity (Wildman–Crippen MR) is 127 cm³/mol.